The normalized spacial score (nSPS) is 16.6. The monoisotopic (exact) mass is 331 g/mol. The molecule has 1 saturated heterocycles. The number of carbonyl (C=O) groups excluding carboxylic acids is 1. The average Bonchev–Trinajstić information content (AvgIpc) is 2.47. The molecule has 0 unspecified atom stereocenters. The molecule has 0 radical (unpaired) electrons. The van der Waals surface area contributed by atoms with Crippen LogP contribution >= 0.6 is 11.8 Å². The van der Waals surface area contributed by atoms with E-state index in [1.807, 2.05) is 0 Å². The van der Waals surface area contributed by atoms with Crippen LogP contribution in [0, 0.1) is 0 Å². The van der Waals surface area contributed by atoms with E-state index < -0.39 is 16.0 Å². The third-order valence-electron chi connectivity index (χ3n) is 3.23. The van der Waals surface area contributed by atoms with Crippen LogP contribution in [-0.4, -0.2) is 44.2 Å². The molecule has 2 rings (SSSR count). The van der Waals surface area contributed by atoms with Crippen LogP contribution in [0.5, 0.6) is 5.75 Å². The number of hydrogen-bond donors (Lipinski definition) is 2. The molecule has 2 N–H and O–H groups in total. The summed E-state index contributed by atoms with van der Waals surface area (Å²) in [5.74, 6) is 0.764. The fraction of sp³-hybridized carbons (Fsp3) is 0.462. The second-order valence-electron chi connectivity index (χ2n) is 4.68. The molecule has 0 atom stereocenters. The Kier molecular flexibility index (Phi) is 5.13. The number of esters is 1. The molecule has 0 bridgehead atoms. The molecule has 0 aliphatic carbocycles. The molecule has 0 saturated carbocycles. The van der Waals surface area contributed by atoms with E-state index in [0.717, 1.165) is 30.4 Å². The lowest BCUT2D eigenvalue weighted by Gasteiger charge is -2.22. The van der Waals surface area contributed by atoms with E-state index in [2.05, 4.69) is 9.46 Å². The number of phenolic OH excluding ortho intramolecular Hbond substituents is 1. The molecule has 1 aliphatic heterocycles. The van der Waals surface area contributed by atoms with Crippen LogP contribution in [0.1, 0.15) is 23.2 Å². The minimum absolute atomic E-state index is 0.0565. The Bertz CT molecular complexity index is 623. The van der Waals surface area contributed by atoms with E-state index in [4.69, 9.17) is 0 Å². The van der Waals surface area contributed by atoms with Gasteiger partial charge >= 0.3 is 5.97 Å². The van der Waals surface area contributed by atoms with Crippen molar-refractivity contribution < 1.29 is 23.1 Å². The number of ether oxygens (including phenoxy) is 1. The smallest absolute Gasteiger partial charge is 0.341 e. The predicted molar refractivity (Wildman–Crippen MR) is 80.1 cm³/mol. The molecule has 0 aromatic heterocycles. The van der Waals surface area contributed by atoms with E-state index in [1.54, 1.807) is 11.8 Å². The Balaban J connectivity index is 2.25. The van der Waals surface area contributed by atoms with Gasteiger partial charge in [0.05, 0.1) is 12.0 Å². The summed E-state index contributed by atoms with van der Waals surface area (Å²) >= 11 is 1.80. The van der Waals surface area contributed by atoms with Gasteiger partial charge in [0.1, 0.15) is 11.3 Å². The van der Waals surface area contributed by atoms with E-state index in [9.17, 15) is 18.3 Å². The average molecular weight is 331 g/mol. The van der Waals surface area contributed by atoms with Crippen LogP contribution in [-0.2, 0) is 14.8 Å². The molecule has 1 aromatic rings. The maximum Gasteiger partial charge on any atom is 0.341 e. The Morgan fingerprint density at radius 1 is 1.38 bits per heavy atom. The fourth-order valence-corrected chi connectivity index (χ4v) is 4.50. The second-order valence-corrected chi connectivity index (χ2v) is 7.62. The molecule has 0 amide bonds. The van der Waals surface area contributed by atoms with Gasteiger partial charge in [0.2, 0.25) is 10.0 Å². The number of methoxy groups -OCH3 is 1. The number of benzene rings is 1. The lowest BCUT2D eigenvalue weighted by Crippen LogP contribution is -2.37. The molecule has 1 aromatic carbocycles. The molecular formula is C13H17NO5S2. The standard InChI is InChI=1S/C13H17NO5S2/c1-19-13(16)11-8-10(2-3-12(11)15)21(17,18)14-9-4-6-20-7-5-9/h2-3,8-9,14-15H,4-7H2,1H3. The summed E-state index contributed by atoms with van der Waals surface area (Å²) in [6.45, 7) is 0. The molecule has 6 nitrogen and oxygen atoms in total. The van der Waals surface area contributed by atoms with Crippen LogP contribution in [0.4, 0.5) is 0 Å². The highest BCUT2D eigenvalue weighted by molar-refractivity contribution is 7.99. The highest BCUT2D eigenvalue weighted by Gasteiger charge is 2.24. The van der Waals surface area contributed by atoms with Gasteiger partial charge in [-0.05, 0) is 42.5 Å². The van der Waals surface area contributed by atoms with Gasteiger partial charge in [-0.1, -0.05) is 0 Å². The largest absolute Gasteiger partial charge is 0.507 e. The molecule has 1 fully saturated rings. The Hall–Kier alpha value is -1.25. The minimum atomic E-state index is -3.72. The maximum absolute atomic E-state index is 12.3. The van der Waals surface area contributed by atoms with Gasteiger partial charge in [0.15, 0.2) is 0 Å². The molecule has 116 valence electrons. The van der Waals surface area contributed by atoms with Gasteiger partial charge in [0, 0.05) is 6.04 Å². The number of hydrogen-bond acceptors (Lipinski definition) is 6. The molecular weight excluding hydrogens is 314 g/mol. The first-order valence-electron chi connectivity index (χ1n) is 6.45. The van der Waals surface area contributed by atoms with Crippen molar-refractivity contribution in [1.82, 2.24) is 4.72 Å². The van der Waals surface area contributed by atoms with Crippen molar-refractivity contribution in [1.29, 1.82) is 0 Å². The summed E-state index contributed by atoms with van der Waals surface area (Å²) in [7, 11) is -2.55. The number of sulfonamides is 1. The van der Waals surface area contributed by atoms with Gasteiger partial charge in [-0.3, -0.25) is 0 Å². The highest BCUT2D eigenvalue weighted by atomic mass is 32.2. The Labute approximate surface area is 127 Å². The van der Waals surface area contributed by atoms with Gasteiger partial charge < -0.3 is 9.84 Å². The second kappa shape index (κ2) is 6.67. The lowest BCUT2D eigenvalue weighted by atomic mass is 10.2. The van der Waals surface area contributed by atoms with Crippen molar-refractivity contribution in [3.8, 4) is 5.75 Å². The summed E-state index contributed by atoms with van der Waals surface area (Å²) in [5.41, 5.74) is -0.167. The number of aromatic hydroxyl groups is 1. The van der Waals surface area contributed by atoms with Gasteiger partial charge in [-0.2, -0.15) is 11.8 Å². The molecule has 1 aliphatic rings. The van der Waals surface area contributed by atoms with Crippen LogP contribution in [0.15, 0.2) is 23.1 Å². The van der Waals surface area contributed by atoms with Gasteiger partial charge in [-0.15, -0.1) is 0 Å². The number of thioether (sulfide) groups is 1. The molecule has 8 heteroatoms. The third-order valence-corrected chi connectivity index (χ3v) is 5.79. The fourth-order valence-electron chi connectivity index (χ4n) is 2.06. The minimum Gasteiger partial charge on any atom is -0.507 e. The van der Waals surface area contributed by atoms with Crippen molar-refractivity contribution in [2.75, 3.05) is 18.6 Å². The van der Waals surface area contributed by atoms with Gasteiger partial charge in [0.25, 0.3) is 0 Å². The number of rotatable bonds is 4. The summed E-state index contributed by atoms with van der Waals surface area (Å²) in [6.07, 6.45) is 1.57. The van der Waals surface area contributed by atoms with Gasteiger partial charge in [-0.25, -0.2) is 17.9 Å². The third kappa shape index (κ3) is 3.90. The van der Waals surface area contributed by atoms with Crippen molar-refractivity contribution in [2.45, 2.75) is 23.8 Å². The van der Waals surface area contributed by atoms with Crippen molar-refractivity contribution >= 4 is 27.8 Å². The molecule has 0 spiro atoms. The summed E-state index contributed by atoms with van der Waals surface area (Å²) in [4.78, 5) is 11.4. The SMILES string of the molecule is COC(=O)c1cc(S(=O)(=O)NC2CCSCC2)ccc1O. The van der Waals surface area contributed by atoms with Crippen LogP contribution in [0.25, 0.3) is 0 Å². The van der Waals surface area contributed by atoms with E-state index in [1.165, 1.54) is 19.2 Å². The summed E-state index contributed by atoms with van der Waals surface area (Å²) in [6, 6.07) is 3.48. The van der Waals surface area contributed by atoms with E-state index >= 15 is 0 Å². The first-order valence-corrected chi connectivity index (χ1v) is 9.09. The molecule has 1 heterocycles. The first kappa shape index (κ1) is 16.1. The maximum atomic E-state index is 12.3. The van der Waals surface area contributed by atoms with Crippen molar-refractivity contribution in [2.24, 2.45) is 0 Å². The lowest BCUT2D eigenvalue weighted by molar-refractivity contribution is 0.0597. The quantitative estimate of drug-likeness (QED) is 0.809. The summed E-state index contributed by atoms with van der Waals surface area (Å²) in [5, 5.41) is 9.60. The predicted octanol–water partition coefficient (Wildman–Crippen LogP) is 1.35. The van der Waals surface area contributed by atoms with Crippen LogP contribution in [0.3, 0.4) is 0 Å². The zero-order chi connectivity index (χ0) is 15.5. The zero-order valence-corrected chi connectivity index (χ0v) is 13.2. The summed E-state index contributed by atoms with van der Waals surface area (Å²) < 4.78 is 31.8. The van der Waals surface area contributed by atoms with Crippen molar-refractivity contribution in [3.63, 3.8) is 0 Å². The zero-order valence-electron chi connectivity index (χ0n) is 11.5. The molecule has 21 heavy (non-hydrogen) atoms. The van der Waals surface area contributed by atoms with E-state index in [-0.39, 0.29) is 22.3 Å². The Morgan fingerprint density at radius 2 is 2.05 bits per heavy atom. The topological polar surface area (TPSA) is 92.7 Å². The van der Waals surface area contributed by atoms with Crippen LogP contribution in [0.2, 0.25) is 0 Å². The number of carbonyl (C=O) groups is 1. The Morgan fingerprint density at radius 3 is 2.67 bits per heavy atom. The first-order chi connectivity index (χ1) is 9.94. The highest BCUT2D eigenvalue weighted by Crippen LogP contribution is 2.24. The van der Waals surface area contributed by atoms with E-state index in [0.29, 0.717) is 0 Å². The van der Waals surface area contributed by atoms with Crippen molar-refractivity contribution in [3.05, 3.63) is 23.8 Å². The number of nitrogens with one attached hydrogen (secondary N) is 1. The van der Waals surface area contributed by atoms with Crippen LogP contribution < -0.4 is 4.72 Å². The number of phenols is 1.